The second-order valence-electron chi connectivity index (χ2n) is 4.19. The van der Waals surface area contributed by atoms with E-state index in [1.54, 1.807) is 0 Å². The Morgan fingerprint density at radius 2 is 1.62 bits per heavy atom. The van der Waals surface area contributed by atoms with Crippen LogP contribution in [-0.2, 0) is 0 Å². The van der Waals surface area contributed by atoms with E-state index in [2.05, 4.69) is 44.8 Å². The van der Waals surface area contributed by atoms with Crippen molar-refractivity contribution in [2.24, 2.45) is 0 Å². The third-order valence-corrected chi connectivity index (χ3v) is 2.81. The highest BCUT2D eigenvalue weighted by Crippen LogP contribution is 2.05. The first-order valence-electron chi connectivity index (χ1n) is 5.53. The third kappa shape index (κ3) is 6.05. The fourth-order valence-electron chi connectivity index (χ4n) is 1.22. The first-order chi connectivity index (χ1) is 6.05. The highest BCUT2D eigenvalue weighted by atomic mass is 15.1. The highest BCUT2D eigenvalue weighted by molar-refractivity contribution is 4.75. The van der Waals surface area contributed by atoms with Crippen LogP contribution in [0, 0.1) is 0 Å². The molecule has 1 N–H and O–H groups in total. The molecule has 0 spiro atoms. The Morgan fingerprint density at radius 3 is 2.00 bits per heavy atom. The summed E-state index contributed by atoms with van der Waals surface area (Å²) < 4.78 is 0. The van der Waals surface area contributed by atoms with Crippen molar-refractivity contribution in [1.29, 1.82) is 0 Å². The van der Waals surface area contributed by atoms with E-state index in [0.29, 0.717) is 5.54 Å². The summed E-state index contributed by atoms with van der Waals surface area (Å²) in [5.74, 6) is 0. The molecular formula is C11H26N2. The number of rotatable bonds is 7. The quantitative estimate of drug-likeness (QED) is 0.655. The van der Waals surface area contributed by atoms with Crippen molar-refractivity contribution in [3.8, 4) is 0 Å². The van der Waals surface area contributed by atoms with Gasteiger partial charge in [-0.2, -0.15) is 0 Å². The van der Waals surface area contributed by atoms with Crippen LogP contribution in [0.2, 0.25) is 0 Å². The van der Waals surface area contributed by atoms with Crippen LogP contribution in [0.5, 0.6) is 0 Å². The average Bonchev–Trinajstić information content (AvgIpc) is 2.12. The first kappa shape index (κ1) is 12.9. The molecule has 0 unspecified atom stereocenters. The van der Waals surface area contributed by atoms with Gasteiger partial charge in [0.05, 0.1) is 0 Å². The van der Waals surface area contributed by atoms with Crippen LogP contribution < -0.4 is 5.32 Å². The molecule has 0 fully saturated rings. The predicted molar refractivity (Wildman–Crippen MR) is 60.2 cm³/mol. The number of nitrogens with one attached hydrogen (secondary N) is 1. The highest BCUT2D eigenvalue weighted by Gasteiger charge is 2.13. The molecule has 0 aliphatic rings. The first-order valence-corrected chi connectivity index (χ1v) is 5.53. The summed E-state index contributed by atoms with van der Waals surface area (Å²) in [5, 5.41) is 3.57. The standard InChI is InChI=1S/C11H26N2/c1-6-11(4,5)12-9-10-13(7-2)8-3/h12H,6-10H2,1-5H3. The van der Waals surface area contributed by atoms with Gasteiger partial charge in [-0.3, -0.25) is 0 Å². The van der Waals surface area contributed by atoms with E-state index >= 15 is 0 Å². The molecule has 2 nitrogen and oxygen atoms in total. The fourth-order valence-corrected chi connectivity index (χ4v) is 1.22. The summed E-state index contributed by atoms with van der Waals surface area (Å²) in [4.78, 5) is 2.44. The number of hydrogen-bond donors (Lipinski definition) is 1. The van der Waals surface area contributed by atoms with E-state index in [1.807, 2.05) is 0 Å². The summed E-state index contributed by atoms with van der Waals surface area (Å²) in [6.07, 6.45) is 1.19. The van der Waals surface area contributed by atoms with Crippen LogP contribution >= 0.6 is 0 Å². The zero-order chi connectivity index (χ0) is 10.3. The van der Waals surface area contributed by atoms with Gasteiger partial charge in [0.25, 0.3) is 0 Å². The van der Waals surface area contributed by atoms with Gasteiger partial charge in [-0.15, -0.1) is 0 Å². The van der Waals surface area contributed by atoms with Gasteiger partial charge in [0.15, 0.2) is 0 Å². The van der Waals surface area contributed by atoms with E-state index in [1.165, 1.54) is 6.42 Å². The molecule has 0 aromatic carbocycles. The van der Waals surface area contributed by atoms with Gasteiger partial charge in [-0.25, -0.2) is 0 Å². The van der Waals surface area contributed by atoms with E-state index in [0.717, 1.165) is 26.2 Å². The molecular weight excluding hydrogens is 160 g/mol. The molecule has 0 atom stereocenters. The van der Waals surface area contributed by atoms with Crippen LogP contribution in [0.25, 0.3) is 0 Å². The molecule has 0 amide bonds. The summed E-state index contributed by atoms with van der Waals surface area (Å²) in [6, 6.07) is 0. The maximum Gasteiger partial charge on any atom is 0.0123 e. The van der Waals surface area contributed by atoms with E-state index in [-0.39, 0.29) is 0 Å². The minimum Gasteiger partial charge on any atom is -0.311 e. The smallest absolute Gasteiger partial charge is 0.0123 e. The van der Waals surface area contributed by atoms with E-state index in [4.69, 9.17) is 0 Å². The Bertz CT molecular complexity index is 117. The Hall–Kier alpha value is -0.0800. The van der Waals surface area contributed by atoms with Gasteiger partial charge in [-0.1, -0.05) is 20.8 Å². The fraction of sp³-hybridized carbons (Fsp3) is 1.00. The lowest BCUT2D eigenvalue weighted by molar-refractivity contribution is 0.278. The molecule has 0 saturated heterocycles. The summed E-state index contributed by atoms with van der Waals surface area (Å²) in [7, 11) is 0. The molecule has 0 rings (SSSR count). The third-order valence-electron chi connectivity index (χ3n) is 2.81. The molecule has 0 heterocycles. The summed E-state index contributed by atoms with van der Waals surface area (Å²) in [5.41, 5.74) is 0.299. The minimum atomic E-state index is 0.299. The Labute approximate surface area is 83.7 Å². The van der Waals surface area contributed by atoms with Crippen LogP contribution in [0.3, 0.4) is 0 Å². The molecule has 0 aliphatic heterocycles. The van der Waals surface area contributed by atoms with E-state index in [9.17, 15) is 0 Å². The summed E-state index contributed by atoms with van der Waals surface area (Å²) in [6.45, 7) is 15.8. The number of likely N-dealkylation sites (N-methyl/N-ethyl adjacent to an activating group) is 1. The number of nitrogens with zero attached hydrogens (tertiary/aromatic N) is 1. The molecule has 0 aliphatic carbocycles. The molecule has 13 heavy (non-hydrogen) atoms. The lowest BCUT2D eigenvalue weighted by atomic mass is 10.0. The molecule has 0 saturated carbocycles. The second-order valence-corrected chi connectivity index (χ2v) is 4.19. The Balaban J connectivity index is 3.54. The van der Waals surface area contributed by atoms with Gasteiger partial charge >= 0.3 is 0 Å². The zero-order valence-electron chi connectivity index (χ0n) is 9.98. The predicted octanol–water partition coefficient (Wildman–Crippen LogP) is 2.11. The van der Waals surface area contributed by atoms with Crippen molar-refractivity contribution < 1.29 is 0 Å². The van der Waals surface area contributed by atoms with Crippen molar-refractivity contribution in [2.45, 2.75) is 46.6 Å². The van der Waals surface area contributed by atoms with Crippen molar-refractivity contribution in [3.05, 3.63) is 0 Å². The average molecular weight is 186 g/mol. The van der Waals surface area contributed by atoms with Gasteiger partial charge in [0.1, 0.15) is 0 Å². The minimum absolute atomic E-state index is 0.299. The molecule has 2 heteroatoms. The Kier molecular flexibility index (Phi) is 6.35. The van der Waals surface area contributed by atoms with Crippen LogP contribution in [0.4, 0.5) is 0 Å². The van der Waals surface area contributed by atoms with Crippen molar-refractivity contribution in [2.75, 3.05) is 26.2 Å². The zero-order valence-corrected chi connectivity index (χ0v) is 9.98. The second kappa shape index (κ2) is 6.39. The molecule has 0 radical (unpaired) electrons. The lowest BCUT2D eigenvalue weighted by Gasteiger charge is -2.27. The topological polar surface area (TPSA) is 15.3 Å². The van der Waals surface area contributed by atoms with Crippen LogP contribution in [-0.4, -0.2) is 36.6 Å². The maximum absolute atomic E-state index is 3.57. The maximum atomic E-state index is 3.57. The summed E-state index contributed by atoms with van der Waals surface area (Å²) >= 11 is 0. The number of hydrogen-bond acceptors (Lipinski definition) is 2. The van der Waals surface area contributed by atoms with Gasteiger partial charge in [0, 0.05) is 18.6 Å². The molecule has 0 aromatic heterocycles. The largest absolute Gasteiger partial charge is 0.311 e. The van der Waals surface area contributed by atoms with E-state index < -0.39 is 0 Å². The van der Waals surface area contributed by atoms with Crippen molar-refractivity contribution >= 4 is 0 Å². The lowest BCUT2D eigenvalue weighted by Crippen LogP contribution is -2.43. The van der Waals surface area contributed by atoms with Crippen molar-refractivity contribution in [1.82, 2.24) is 10.2 Å². The van der Waals surface area contributed by atoms with Gasteiger partial charge < -0.3 is 10.2 Å². The SMILES string of the molecule is CCN(CC)CCNC(C)(C)CC. The normalized spacial score (nSPS) is 12.5. The molecule has 80 valence electrons. The molecule has 0 bridgehead atoms. The monoisotopic (exact) mass is 186 g/mol. The van der Waals surface area contributed by atoms with Crippen molar-refractivity contribution in [3.63, 3.8) is 0 Å². The molecule has 0 aromatic rings. The van der Waals surface area contributed by atoms with Crippen LogP contribution in [0.1, 0.15) is 41.0 Å². The van der Waals surface area contributed by atoms with Gasteiger partial charge in [0.2, 0.25) is 0 Å². The Morgan fingerprint density at radius 1 is 1.08 bits per heavy atom. The van der Waals surface area contributed by atoms with Gasteiger partial charge in [-0.05, 0) is 33.4 Å². The van der Waals surface area contributed by atoms with Crippen LogP contribution in [0.15, 0.2) is 0 Å².